The van der Waals surface area contributed by atoms with Gasteiger partial charge in [0.25, 0.3) is 0 Å². The number of aliphatic hydroxyl groups excluding tert-OH is 1. The maximum Gasteiger partial charge on any atom is 0.337 e. The summed E-state index contributed by atoms with van der Waals surface area (Å²) in [5, 5.41) is 13.0. The number of anilines is 1. The molecular formula is C15H21NO3. The highest BCUT2D eigenvalue weighted by Gasteiger charge is 2.20. The highest BCUT2D eigenvalue weighted by molar-refractivity contribution is 5.90. The second-order valence-electron chi connectivity index (χ2n) is 5.17. The number of esters is 1. The van der Waals surface area contributed by atoms with Gasteiger partial charge < -0.3 is 15.2 Å². The lowest BCUT2D eigenvalue weighted by molar-refractivity contribution is 0.0601. The van der Waals surface area contributed by atoms with Gasteiger partial charge in [-0.25, -0.2) is 4.79 Å². The zero-order valence-corrected chi connectivity index (χ0v) is 11.5. The van der Waals surface area contributed by atoms with Gasteiger partial charge in [0.1, 0.15) is 0 Å². The van der Waals surface area contributed by atoms with Gasteiger partial charge in [-0.1, -0.05) is 6.07 Å². The van der Waals surface area contributed by atoms with Crippen LogP contribution in [0.1, 0.15) is 41.6 Å². The molecule has 0 atom stereocenters. The minimum Gasteiger partial charge on any atom is -0.465 e. The van der Waals surface area contributed by atoms with Gasteiger partial charge in [0.2, 0.25) is 0 Å². The van der Waals surface area contributed by atoms with Gasteiger partial charge in [0.05, 0.1) is 18.8 Å². The molecule has 4 heteroatoms. The van der Waals surface area contributed by atoms with E-state index in [1.54, 1.807) is 6.07 Å². The van der Waals surface area contributed by atoms with E-state index in [1.165, 1.54) is 7.11 Å². The molecule has 1 aliphatic carbocycles. The Labute approximate surface area is 113 Å². The van der Waals surface area contributed by atoms with Crippen molar-refractivity contribution in [1.82, 2.24) is 0 Å². The fourth-order valence-corrected chi connectivity index (χ4v) is 2.46. The number of benzene rings is 1. The van der Waals surface area contributed by atoms with Crippen molar-refractivity contribution in [2.24, 2.45) is 0 Å². The first-order valence-corrected chi connectivity index (χ1v) is 6.73. The number of nitrogens with one attached hydrogen (secondary N) is 1. The summed E-state index contributed by atoms with van der Waals surface area (Å²) in [4.78, 5) is 11.5. The summed E-state index contributed by atoms with van der Waals surface area (Å²) in [6.45, 7) is 2.01. The van der Waals surface area contributed by atoms with E-state index in [4.69, 9.17) is 4.74 Å². The van der Waals surface area contributed by atoms with Crippen LogP contribution in [0.5, 0.6) is 0 Å². The van der Waals surface area contributed by atoms with Crippen LogP contribution in [0, 0.1) is 6.92 Å². The molecule has 1 aliphatic rings. The standard InChI is InChI=1S/C15H21NO3/c1-10-3-4-11(15(18)19-2)9-14(10)16-12-5-7-13(17)8-6-12/h3-4,9,12-13,16-17H,5-8H2,1-2H3. The number of carbonyl (C=O) groups excluding carboxylic acids is 1. The van der Waals surface area contributed by atoms with Crippen LogP contribution in [0.15, 0.2) is 18.2 Å². The molecule has 104 valence electrons. The van der Waals surface area contributed by atoms with Crippen LogP contribution in [-0.2, 0) is 4.74 Å². The molecule has 0 heterocycles. The molecule has 0 aliphatic heterocycles. The van der Waals surface area contributed by atoms with Crippen molar-refractivity contribution in [1.29, 1.82) is 0 Å². The minimum atomic E-state index is -0.317. The fourth-order valence-electron chi connectivity index (χ4n) is 2.46. The average Bonchev–Trinajstić information content (AvgIpc) is 2.43. The minimum absolute atomic E-state index is 0.152. The monoisotopic (exact) mass is 263 g/mol. The molecule has 1 aromatic rings. The van der Waals surface area contributed by atoms with Crippen LogP contribution < -0.4 is 5.32 Å². The molecule has 0 radical (unpaired) electrons. The van der Waals surface area contributed by atoms with E-state index in [2.05, 4.69) is 5.32 Å². The van der Waals surface area contributed by atoms with Crippen molar-refractivity contribution in [3.63, 3.8) is 0 Å². The Balaban J connectivity index is 2.08. The first-order valence-electron chi connectivity index (χ1n) is 6.73. The predicted octanol–water partition coefficient (Wildman–Crippen LogP) is 2.50. The number of aryl methyl sites for hydroxylation is 1. The molecule has 2 N–H and O–H groups in total. The summed E-state index contributed by atoms with van der Waals surface area (Å²) in [6.07, 6.45) is 3.45. The van der Waals surface area contributed by atoms with Crippen molar-refractivity contribution in [3.8, 4) is 0 Å². The number of methoxy groups -OCH3 is 1. The fraction of sp³-hybridized carbons (Fsp3) is 0.533. The lowest BCUT2D eigenvalue weighted by Crippen LogP contribution is -2.28. The van der Waals surface area contributed by atoms with Gasteiger partial charge in [-0.05, 0) is 50.3 Å². The van der Waals surface area contributed by atoms with Crippen LogP contribution >= 0.6 is 0 Å². The number of hydrogen-bond donors (Lipinski definition) is 2. The Morgan fingerprint density at radius 1 is 1.32 bits per heavy atom. The van der Waals surface area contributed by atoms with Crippen LogP contribution in [0.25, 0.3) is 0 Å². The Morgan fingerprint density at radius 3 is 2.63 bits per heavy atom. The SMILES string of the molecule is COC(=O)c1ccc(C)c(NC2CCC(O)CC2)c1. The van der Waals surface area contributed by atoms with E-state index in [0.29, 0.717) is 11.6 Å². The summed E-state index contributed by atoms with van der Waals surface area (Å²) >= 11 is 0. The molecule has 1 fully saturated rings. The molecule has 0 spiro atoms. The maximum absolute atomic E-state index is 11.5. The normalized spacial score (nSPS) is 22.9. The average molecular weight is 263 g/mol. The largest absolute Gasteiger partial charge is 0.465 e. The van der Waals surface area contributed by atoms with Crippen molar-refractivity contribution in [3.05, 3.63) is 29.3 Å². The molecular weight excluding hydrogens is 242 g/mol. The highest BCUT2D eigenvalue weighted by Crippen LogP contribution is 2.25. The third kappa shape index (κ3) is 3.47. The van der Waals surface area contributed by atoms with E-state index < -0.39 is 0 Å². The summed E-state index contributed by atoms with van der Waals surface area (Å²) in [5.74, 6) is -0.317. The zero-order chi connectivity index (χ0) is 13.8. The Bertz CT molecular complexity index is 451. The number of carbonyl (C=O) groups is 1. The van der Waals surface area contributed by atoms with Gasteiger partial charge in [0, 0.05) is 11.7 Å². The van der Waals surface area contributed by atoms with Gasteiger partial charge in [0.15, 0.2) is 0 Å². The first-order chi connectivity index (χ1) is 9.10. The maximum atomic E-state index is 11.5. The van der Waals surface area contributed by atoms with E-state index in [-0.39, 0.29) is 12.1 Å². The second kappa shape index (κ2) is 6.06. The molecule has 0 amide bonds. The van der Waals surface area contributed by atoms with E-state index in [1.807, 2.05) is 19.1 Å². The van der Waals surface area contributed by atoms with Crippen LogP contribution in [0.2, 0.25) is 0 Å². The lowest BCUT2D eigenvalue weighted by Gasteiger charge is -2.27. The Kier molecular flexibility index (Phi) is 4.43. The molecule has 2 rings (SSSR count). The lowest BCUT2D eigenvalue weighted by atomic mass is 9.92. The molecule has 1 aromatic carbocycles. The molecule has 0 saturated heterocycles. The predicted molar refractivity (Wildman–Crippen MR) is 74.4 cm³/mol. The highest BCUT2D eigenvalue weighted by atomic mass is 16.5. The summed E-state index contributed by atoms with van der Waals surface area (Å²) < 4.78 is 4.74. The topological polar surface area (TPSA) is 58.6 Å². The van der Waals surface area contributed by atoms with Gasteiger partial charge >= 0.3 is 5.97 Å². The van der Waals surface area contributed by atoms with E-state index in [0.717, 1.165) is 36.9 Å². The van der Waals surface area contributed by atoms with Crippen molar-refractivity contribution in [2.75, 3.05) is 12.4 Å². The zero-order valence-electron chi connectivity index (χ0n) is 11.5. The molecule has 1 saturated carbocycles. The molecule has 0 bridgehead atoms. The quantitative estimate of drug-likeness (QED) is 0.823. The molecule has 0 unspecified atom stereocenters. The van der Waals surface area contributed by atoms with Crippen LogP contribution in [-0.4, -0.2) is 30.3 Å². The number of hydrogen-bond acceptors (Lipinski definition) is 4. The van der Waals surface area contributed by atoms with E-state index in [9.17, 15) is 9.90 Å². The van der Waals surface area contributed by atoms with Gasteiger partial charge in [-0.3, -0.25) is 0 Å². The second-order valence-corrected chi connectivity index (χ2v) is 5.17. The Morgan fingerprint density at radius 2 is 2.00 bits per heavy atom. The molecule has 4 nitrogen and oxygen atoms in total. The van der Waals surface area contributed by atoms with E-state index >= 15 is 0 Å². The molecule has 19 heavy (non-hydrogen) atoms. The first kappa shape index (κ1) is 13.9. The van der Waals surface area contributed by atoms with Crippen LogP contribution in [0.4, 0.5) is 5.69 Å². The van der Waals surface area contributed by atoms with Gasteiger partial charge in [-0.2, -0.15) is 0 Å². The number of rotatable bonds is 3. The summed E-state index contributed by atoms with van der Waals surface area (Å²) in [7, 11) is 1.39. The van der Waals surface area contributed by atoms with Crippen molar-refractivity contribution < 1.29 is 14.6 Å². The smallest absolute Gasteiger partial charge is 0.337 e. The van der Waals surface area contributed by atoms with Gasteiger partial charge in [-0.15, -0.1) is 0 Å². The summed E-state index contributed by atoms with van der Waals surface area (Å²) in [5.41, 5.74) is 2.65. The van der Waals surface area contributed by atoms with Crippen molar-refractivity contribution >= 4 is 11.7 Å². The van der Waals surface area contributed by atoms with Crippen molar-refractivity contribution in [2.45, 2.75) is 44.8 Å². The molecule has 0 aromatic heterocycles. The Hall–Kier alpha value is -1.55. The summed E-state index contributed by atoms with van der Waals surface area (Å²) in [6, 6.07) is 5.91. The third-order valence-corrected chi connectivity index (χ3v) is 3.71. The number of ether oxygens (including phenoxy) is 1. The number of aliphatic hydroxyl groups is 1. The third-order valence-electron chi connectivity index (χ3n) is 3.71. The van der Waals surface area contributed by atoms with Crippen LogP contribution in [0.3, 0.4) is 0 Å².